The quantitative estimate of drug-likeness (QED) is 0.474. The van der Waals surface area contributed by atoms with E-state index in [2.05, 4.69) is 18.7 Å². The second kappa shape index (κ2) is 7.42. The van der Waals surface area contributed by atoms with Crippen molar-refractivity contribution in [2.45, 2.75) is 20.8 Å². The smallest absolute Gasteiger partial charge is 0.328 e. The lowest BCUT2D eigenvalue weighted by Crippen LogP contribution is -2.27. The van der Waals surface area contributed by atoms with Gasteiger partial charge in [0.15, 0.2) is 0 Å². The van der Waals surface area contributed by atoms with Crippen LogP contribution in [0.3, 0.4) is 0 Å². The van der Waals surface area contributed by atoms with Gasteiger partial charge in [0.2, 0.25) is 0 Å². The Morgan fingerprint density at radius 2 is 2.14 bits per heavy atom. The molecule has 0 amide bonds. The normalized spacial score (nSPS) is 11.0. The zero-order valence-electron chi connectivity index (χ0n) is 12.4. The summed E-state index contributed by atoms with van der Waals surface area (Å²) in [5.41, 5.74) is 1.04. The van der Waals surface area contributed by atoms with E-state index in [4.69, 9.17) is 5.11 Å². The largest absolute Gasteiger partial charge is 0.478 e. The van der Waals surface area contributed by atoms with Crippen molar-refractivity contribution in [3.8, 4) is 0 Å². The number of nitrogens with zero attached hydrogens (tertiary/aromatic N) is 2. The van der Waals surface area contributed by atoms with Crippen LogP contribution in [0, 0.1) is 16.0 Å². The number of rotatable bonds is 7. The molecule has 0 saturated carbocycles. The number of carboxylic acid groups (broad SMARTS) is 1. The third-order valence-electron chi connectivity index (χ3n) is 2.95. The maximum atomic E-state index is 11.0. The Kier molecular flexibility index (Phi) is 5.90. The predicted octanol–water partition coefficient (Wildman–Crippen LogP) is 3.17. The number of hydrogen-bond donors (Lipinski definition) is 1. The lowest BCUT2D eigenvalue weighted by molar-refractivity contribution is -0.385. The molecule has 6 nitrogen and oxygen atoms in total. The van der Waals surface area contributed by atoms with Crippen LogP contribution in [0.25, 0.3) is 6.08 Å². The molecule has 0 saturated heterocycles. The van der Waals surface area contributed by atoms with Crippen LogP contribution < -0.4 is 4.90 Å². The molecule has 0 fully saturated rings. The van der Waals surface area contributed by atoms with Crippen LogP contribution in [0.1, 0.15) is 26.3 Å². The van der Waals surface area contributed by atoms with Crippen LogP contribution in [0.4, 0.5) is 11.4 Å². The first-order chi connectivity index (χ1) is 9.85. The van der Waals surface area contributed by atoms with Crippen molar-refractivity contribution in [1.82, 2.24) is 0 Å². The van der Waals surface area contributed by atoms with Gasteiger partial charge >= 0.3 is 5.97 Å². The Bertz CT molecular complexity index is 553. The fourth-order valence-electron chi connectivity index (χ4n) is 2.06. The Morgan fingerprint density at radius 3 is 2.62 bits per heavy atom. The molecule has 0 atom stereocenters. The van der Waals surface area contributed by atoms with Gasteiger partial charge in [-0.05, 0) is 31.1 Å². The van der Waals surface area contributed by atoms with Crippen molar-refractivity contribution in [3.63, 3.8) is 0 Å². The van der Waals surface area contributed by atoms with E-state index in [-0.39, 0.29) is 5.69 Å². The van der Waals surface area contributed by atoms with Gasteiger partial charge in [-0.15, -0.1) is 0 Å². The van der Waals surface area contributed by atoms with E-state index in [1.54, 1.807) is 12.1 Å². The van der Waals surface area contributed by atoms with Gasteiger partial charge in [-0.25, -0.2) is 4.79 Å². The second-order valence-corrected chi connectivity index (χ2v) is 5.10. The Labute approximate surface area is 123 Å². The summed E-state index contributed by atoms with van der Waals surface area (Å²) in [4.78, 5) is 23.2. The summed E-state index contributed by atoms with van der Waals surface area (Å²) in [6.07, 6.45) is 2.16. The van der Waals surface area contributed by atoms with Crippen molar-refractivity contribution in [2.75, 3.05) is 18.0 Å². The number of carboxylic acids is 1. The molecule has 1 N–H and O–H groups in total. The van der Waals surface area contributed by atoms with Crippen molar-refractivity contribution >= 4 is 23.4 Å². The highest BCUT2D eigenvalue weighted by Crippen LogP contribution is 2.26. The zero-order valence-corrected chi connectivity index (χ0v) is 12.4. The third kappa shape index (κ3) is 4.91. The van der Waals surface area contributed by atoms with E-state index in [0.717, 1.165) is 24.9 Å². The van der Waals surface area contributed by atoms with E-state index in [1.165, 1.54) is 12.1 Å². The lowest BCUT2D eigenvalue weighted by Gasteiger charge is -2.25. The van der Waals surface area contributed by atoms with E-state index >= 15 is 0 Å². The molecule has 0 heterocycles. The molecule has 0 aliphatic rings. The molecule has 6 heteroatoms. The molecule has 0 radical (unpaired) electrons. The summed E-state index contributed by atoms with van der Waals surface area (Å²) in [5.74, 6) is -0.678. The van der Waals surface area contributed by atoms with Crippen LogP contribution in [0.2, 0.25) is 0 Å². The van der Waals surface area contributed by atoms with E-state index in [1.807, 2.05) is 6.92 Å². The minimum Gasteiger partial charge on any atom is -0.478 e. The standard InChI is InChI=1S/C15H20N2O4/c1-4-16(10-11(2)3)13-6-7-14(17(20)21)12(9-13)5-8-15(18)19/h5-9,11H,4,10H2,1-3H3,(H,18,19)/b8-5+. The first-order valence-corrected chi connectivity index (χ1v) is 6.79. The highest BCUT2D eigenvalue weighted by atomic mass is 16.6. The Hall–Kier alpha value is -2.37. The first-order valence-electron chi connectivity index (χ1n) is 6.79. The van der Waals surface area contributed by atoms with Gasteiger partial charge in [0.25, 0.3) is 5.69 Å². The maximum absolute atomic E-state index is 11.0. The number of anilines is 1. The van der Waals surface area contributed by atoms with Crippen LogP contribution in [-0.4, -0.2) is 29.1 Å². The maximum Gasteiger partial charge on any atom is 0.328 e. The molecule has 0 aliphatic carbocycles. The summed E-state index contributed by atoms with van der Waals surface area (Å²) >= 11 is 0. The Morgan fingerprint density at radius 1 is 1.48 bits per heavy atom. The molecule has 21 heavy (non-hydrogen) atoms. The van der Waals surface area contributed by atoms with Gasteiger partial charge in [-0.1, -0.05) is 13.8 Å². The summed E-state index contributed by atoms with van der Waals surface area (Å²) in [6, 6.07) is 4.77. The fraction of sp³-hybridized carbons (Fsp3) is 0.400. The molecular formula is C15H20N2O4. The molecule has 0 bridgehead atoms. The SMILES string of the molecule is CCN(CC(C)C)c1ccc([N+](=O)[O-])c(/C=C/C(=O)O)c1. The molecular weight excluding hydrogens is 272 g/mol. The first kappa shape index (κ1) is 16.7. The molecule has 0 spiro atoms. The van der Waals surface area contributed by atoms with Gasteiger partial charge in [-0.3, -0.25) is 10.1 Å². The van der Waals surface area contributed by atoms with Gasteiger partial charge in [0.1, 0.15) is 0 Å². The number of hydrogen-bond acceptors (Lipinski definition) is 4. The summed E-state index contributed by atoms with van der Waals surface area (Å²) in [5, 5.41) is 19.7. The van der Waals surface area contributed by atoms with Crippen LogP contribution in [-0.2, 0) is 4.79 Å². The number of nitro benzene ring substituents is 1. The van der Waals surface area contributed by atoms with Crippen molar-refractivity contribution in [1.29, 1.82) is 0 Å². The predicted molar refractivity (Wildman–Crippen MR) is 82.5 cm³/mol. The van der Waals surface area contributed by atoms with Crippen molar-refractivity contribution in [3.05, 3.63) is 40.0 Å². The fourth-order valence-corrected chi connectivity index (χ4v) is 2.06. The minimum atomic E-state index is -1.13. The van der Waals surface area contributed by atoms with E-state index < -0.39 is 10.9 Å². The third-order valence-corrected chi connectivity index (χ3v) is 2.95. The van der Waals surface area contributed by atoms with Crippen LogP contribution in [0.15, 0.2) is 24.3 Å². The Balaban J connectivity index is 3.22. The molecule has 114 valence electrons. The number of carbonyl (C=O) groups is 1. The van der Waals surface area contributed by atoms with E-state index in [0.29, 0.717) is 11.5 Å². The van der Waals surface area contributed by atoms with Crippen molar-refractivity contribution in [2.24, 2.45) is 5.92 Å². The van der Waals surface area contributed by atoms with Gasteiger partial charge in [-0.2, -0.15) is 0 Å². The molecule has 1 aromatic carbocycles. The van der Waals surface area contributed by atoms with Crippen molar-refractivity contribution < 1.29 is 14.8 Å². The molecule has 0 unspecified atom stereocenters. The van der Waals surface area contributed by atoms with Crippen LogP contribution >= 0.6 is 0 Å². The summed E-state index contributed by atoms with van der Waals surface area (Å²) in [6.45, 7) is 7.81. The van der Waals surface area contributed by atoms with E-state index in [9.17, 15) is 14.9 Å². The lowest BCUT2D eigenvalue weighted by atomic mass is 10.1. The minimum absolute atomic E-state index is 0.100. The topological polar surface area (TPSA) is 83.7 Å². The average molecular weight is 292 g/mol. The summed E-state index contributed by atoms with van der Waals surface area (Å²) in [7, 11) is 0. The summed E-state index contributed by atoms with van der Waals surface area (Å²) < 4.78 is 0. The second-order valence-electron chi connectivity index (χ2n) is 5.10. The molecule has 0 aliphatic heterocycles. The highest BCUT2D eigenvalue weighted by Gasteiger charge is 2.15. The van der Waals surface area contributed by atoms with Gasteiger partial charge in [0, 0.05) is 30.9 Å². The molecule has 0 aromatic heterocycles. The molecule has 1 aromatic rings. The van der Waals surface area contributed by atoms with Crippen LogP contribution in [0.5, 0.6) is 0 Å². The monoisotopic (exact) mass is 292 g/mol. The van der Waals surface area contributed by atoms with Gasteiger partial charge < -0.3 is 10.0 Å². The highest BCUT2D eigenvalue weighted by molar-refractivity contribution is 5.86. The number of benzene rings is 1. The average Bonchev–Trinajstić information content (AvgIpc) is 2.41. The molecule has 1 rings (SSSR count). The van der Waals surface area contributed by atoms with Gasteiger partial charge in [0.05, 0.1) is 10.5 Å². The number of aliphatic carboxylic acids is 1. The zero-order chi connectivity index (χ0) is 16.0. The number of nitro groups is 1.